The maximum atomic E-state index is 6.66. The van der Waals surface area contributed by atoms with E-state index in [-0.39, 0.29) is 0 Å². The zero-order valence-corrected chi connectivity index (χ0v) is 34.8. The summed E-state index contributed by atoms with van der Waals surface area (Å²) in [7, 11) is 0. The Kier molecular flexibility index (Phi) is 7.48. The number of furan rings is 2. The standard InChI is InChI=1S/C60H38N2O2/c1-3-14-43(15-4-1)61-51-20-9-7-18-45(51)47-33-39(22-26-53(47)61)37-12-11-13-38(32-37)41-24-28-55-49(35-41)59-57(63-55)30-31-58-60(59)50-36-42(25-29-56(50)64-58)40-23-27-54-48(34-40)46-19-8-10-21-52(46)62(54)44-16-5-2-6-17-44/h1-29,32-36H,30-31H2. The normalized spacial score (nSPS) is 12.6. The van der Waals surface area contributed by atoms with E-state index in [1.165, 1.54) is 65.9 Å². The monoisotopic (exact) mass is 818 g/mol. The minimum Gasteiger partial charge on any atom is -0.460 e. The van der Waals surface area contributed by atoms with E-state index in [2.05, 4.69) is 215 Å². The van der Waals surface area contributed by atoms with Gasteiger partial charge in [0, 0.05) is 67.7 Å². The fourth-order valence-electron chi connectivity index (χ4n) is 10.7. The van der Waals surface area contributed by atoms with Crippen molar-refractivity contribution in [3.8, 4) is 55.9 Å². The molecule has 1 aliphatic rings. The lowest BCUT2D eigenvalue weighted by molar-refractivity contribution is 0.504. The predicted molar refractivity (Wildman–Crippen MR) is 264 cm³/mol. The third-order valence-electron chi connectivity index (χ3n) is 13.6. The summed E-state index contributed by atoms with van der Waals surface area (Å²) in [6.07, 6.45) is 1.61. The van der Waals surface area contributed by atoms with Crippen LogP contribution in [0.15, 0.2) is 215 Å². The molecule has 64 heavy (non-hydrogen) atoms. The van der Waals surface area contributed by atoms with Gasteiger partial charge in [0.05, 0.1) is 22.1 Å². The first-order valence-electron chi connectivity index (χ1n) is 22.1. The quantitative estimate of drug-likeness (QED) is 0.173. The minimum absolute atomic E-state index is 0.805. The van der Waals surface area contributed by atoms with Gasteiger partial charge in [-0.05, 0) is 124 Å². The molecular weight excluding hydrogens is 781 g/mol. The first-order chi connectivity index (χ1) is 31.7. The number of nitrogens with zero attached hydrogens (tertiary/aromatic N) is 2. The van der Waals surface area contributed by atoms with Crippen molar-refractivity contribution >= 4 is 65.6 Å². The van der Waals surface area contributed by atoms with Gasteiger partial charge in [0.2, 0.25) is 0 Å². The molecule has 0 fully saturated rings. The third kappa shape index (κ3) is 5.23. The van der Waals surface area contributed by atoms with Gasteiger partial charge < -0.3 is 18.0 Å². The highest BCUT2D eigenvalue weighted by atomic mass is 16.3. The van der Waals surface area contributed by atoms with Crippen LogP contribution < -0.4 is 0 Å². The van der Waals surface area contributed by atoms with Crippen LogP contribution in [-0.2, 0) is 12.8 Å². The lowest BCUT2D eigenvalue weighted by Gasteiger charge is -2.11. The summed E-state index contributed by atoms with van der Waals surface area (Å²) in [5.41, 5.74) is 18.3. The highest BCUT2D eigenvalue weighted by Gasteiger charge is 2.29. The molecule has 0 atom stereocenters. The van der Waals surface area contributed by atoms with E-state index in [1.54, 1.807) is 0 Å². The smallest absolute Gasteiger partial charge is 0.134 e. The molecule has 0 amide bonds. The van der Waals surface area contributed by atoms with Crippen molar-refractivity contribution in [1.29, 1.82) is 0 Å². The van der Waals surface area contributed by atoms with E-state index < -0.39 is 0 Å². The SMILES string of the molecule is c1ccc(-n2c3ccccc3c3cc(-c4cccc(-c5ccc6oc7c(c6c5)-c5c(oc6ccc(-c8ccc9c(c8)c8ccccc8n9-c8ccccc8)cc56)CC7)c4)ccc32)cc1. The Balaban J connectivity index is 0.864. The van der Waals surface area contributed by atoms with Gasteiger partial charge in [-0.1, -0.05) is 115 Å². The van der Waals surface area contributed by atoms with Crippen LogP contribution in [0.25, 0.3) is 121 Å². The summed E-state index contributed by atoms with van der Waals surface area (Å²) in [4.78, 5) is 0. The number of rotatable bonds is 5. The van der Waals surface area contributed by atoms with Crippen LogP contribution in [0, 0.1) is 0 Å². The second-order valence-electron chi connectivity index (χ2n) is 17.1. The highest BCUT2D eigenvalue weighted by molar-refractivity contribution is 6.13. The maximum absolute atomic E-state index is 6.66. The van der Waals surface area contributed by atoms with Crippen molar-refractivity contribution in [2.24, 2.45) is 0 Å². The van der Waals surface area contributed by atoms with Crippen molar-refractivity contribution in [3.05, 3.63) is 218 Å². The molecule has 14 rings (SSSR count). The number of fused-ring (bicyclic) bond motifs is 13. The summed E-state index contributed by atoms with van der Waals surface area (Å²) in [6, 6.07) is 74.8. The Morgan fingerprint density at radius 1 is 0.281 bits per heavy atom. The molecule has 4 aromatic heterocycles. The Morgan fingerprint density at radius 3 is 1.12 bits per heavy atom. The van der Waals surface area contributed by atoms with E-state index in [4.69, 9.17) is 8.83 Å². The van der Waals surface area contributed by atoms with Crippen LogP contribution in [0.4, 0.5) is 0 Å². The molecule has 0 radical (unpaired) electrons. The van der Waals surface area contributed by atoms with Crippen LogP contribution in [0.5, 0.6) is 0 Å². The van der Waals surface area contributed by atoms with Gasteiger partial charge in [0.1, 0.15) is 22.7 Å². The van der Waals surface area contributed by atoms with Crippen LogP contribution in [0.1, 0.15) is 11.5 Å². The lowest BCUT2D eigenvalue weighted by Crippen LogP contribution is -1.99. The number of para-hydroxylation sites is 4. The number of hydrogen-bond acceptors (Lipinski definition) is 2. The molecule has 300 valence electrons. The highest BCUT2D eigenvalue weighted by Crippen LogP contribution is 2.48. The summed E-state index contributed by atoms with van der Waals surface area (Å²) in [5.74, 6) is 2.06. The molecule has 0 saturated heterocycles. The topological polar surface area (TPSA) is 36.1 Å². The molecule has 4 nitrogen and oxygen atoms in total. The van der Waals surface area contributed by atoms with Crippen LogP contribution in [0.3, 0.4) is 0 Å². The molecule has 0 unspecified atom stereocenters. The average Bonchev–Trinajstić information content (AvgIpc) is 4.11. The molecule has 0 spiro atoms. The van der Waals surface area contributed by atoms with Crippen molar-refractivity contribution < 1.29 is 8.83 Å². The molecule has 0 bridgehead atoms. The van der Waals surface area contributed by atoms with Gasteiger partial charge >= 0.3 is 0 Å². The fraction of sp³-hybridized carbons (Fsp3) is 0.0333. The second kappa shape index (κ2) is 13.6. The largest absolute Gasteiger partial charge is 0.460 e. The average molecular weight is 819 g/mol. The van der Waals surface area contributed by atoms with Gasteiger partial charge in [-0.3, -0.25) is 0 Å². The number of hydrogen-bond donors (Lipinski definition) is 0. The van der Waals surface area contributed by atoms with Gasteiger partial charge in [0.25, 0.3) is 0 Å². The first-order valence-corrected chi connectivity index (χ1v) is 22.1. The molecule has 4 heterocycles. The fourth-order valence-corrected chi connectivity index (χ4v) is 10.7. The van der Waals surface area contributed by atoms with E-state index in [0.717, 1.165) is 79.9 Å². The zero-order valence-electron chi connectivity index (χ0n) is 34.8. The minimum atomic E-state index is 0.805. The van der Waals surface area contributed by atoms with E-state index in [0.29, 0.717) is 0 Å². The van der Waals surface area contributed by atoms with E-state index >= 15 is 0 Å². The molecule has 0 N–H and O–H groups in total. The molecule has 0 aliphatic heterocycles. The lowest BCUT2D eigenvalue weighted by atomic mass is 9.89. The van der Waals surface area contributed by atoms with Crippen molar-refractivity contribution in [2.45, 2.75) is 12.8 Å². The van der Waals surface area contributed by atoms with Gasteiger partial charge in [0.15, 0.2) is 0 Å². The zero-order chi connectivity index (χ0) is 41.9. The summed E-state index contributed by atoms with van der Waals surface area (Å²) >= 11 is 0. The number of aryl methyl sites for hydroxylation is 2. The van der Waals surface area contributed by atoms with Gasteiger partial charge in [-0.15, -0.1) is 0 Å². The van der Waals surface area contributed by atoms with Crippen molar-refractivity contribution in [2.75, 3.05) is 0 Å². The van der Waals surface area contributed by atoms with E-state index in [1.807, 2.05) is 0 Å². The van der Waals surface area contributed by atoms with Crippen LogP contribution in [-0.4, -0.2) is 9.13 Å². The van der Waals surface area contributed by atoms with Gasteiger partial charge in [-0.25, -0.2) is 0 Å². The summed E-state index contributed by atoms with van der Waals surface area (Å²) in [5, 5.41) is 7.23. The number of aromatic nitrogens is 2. The van der Waals surface area contributed by atoms with Crippen LogP contribution in [0.2, 0.25) is 0 Å². The Bertz CT molecular complexity index is 4010. The number of benzene rings is 9. The Labute approximate surface area is 368 Å². The van der Waals surface area contributed by atoms with Crippen LogP contribution >= 0.6 is 0 Å². The van der Waals surface area contributed by atoms with Crippen molar-refractivity contribution in [1.82, 2.24) is 9.13 Å². The summed E-state index contributed by atoms with van der Waals surface area (Å²) in [6.45, 7) is 0. The summed E-state index contributed by atoms with van der Waals surface area (Å²) < 4.78 is 18.0. The first kappa shape index (κ1) is 35.3. The maximum Gasteiger partial charge on any atom is 0.134 e. The third-order valence-corrected chi connectivity index (χ3v) is 13.6. The predicted octanol–water partition coefficient (Wildman–Crippen LogP) is 16.1. The van der Waals surface area contributed by atoms with Crippen molar-refractivity contribution in [3.63, 3.8) is 0 Å². The molecule has 4 heteroatoms. The molecule has 13 aromatic rings. The molecule has 0 saturated carbocycles. The molecular formula is C60H38N2O2. The second-order valence-corrected chi connectivity index (χ2v) is 17.1. The van der Waals surface area contributed by atoms with E-state index in [9.17, 15) is 0 Å². The van der Waals surface area contributed by atoms with Gasteiger partial charge in [-0.2, -0.15) is 0 Å². The Morgan fingerprint density at radius 2 is 0.656 bits per heavy atom. The molecule has 9 aromatic carbocycles. The Hall–Kier alpha value is -8.34. The molecule has 1 aliphatic carbocycles.